The van der Waals surface area contributed by atoms with Crippen molar-refractivity contribution >= 4 is 18.0 Å². The van der Waals surface area contributed by atoms with E-state index in [1.807, 2.05) is 0 Å². The van der Waals surface area contributed by atoms with Crippen molar-refractivity contribution < 1.29 is 14.3 Å². The maximum absolute atomic E-state index is 10.8. The van der Waals surface area contributed by atoms with Crippen molar-refractivity contribution in [1.29, 1.82) is 0 Å². The lowest BCUT2D eigenvalue weighted by Gasteiger charge is -2.11. The van der Waals surface area contributed by atoms with Crippen molar-refractivity contribution in [2.45, 2.75) is 44.8 Å². The second kappa shape index (κ2) is 10.1. The normalized spacial score (nSPS) is 10.7. The zero-order valence-corrected chi connectivity index (χ0v) is 15.8. The van der Waals surface area contributed by atoms with E-state index in [0.29, 0.717) is 23.7 Å². The molecule has 1 aromatic heterocycles. The Kier molecular flexibility index (Phi) is 7.78. The van der Waals surface area contributed by atoms with Crippen LogP contribution >= 0.6 is 11.8 Å². The van der Waals surface area contributed by atoms with Crippen LogP contribution in [0.15, 0.2) is 23.4 Å². The number of rotatable bonds is 11. The number of carbonyl (C=O) groups excluding carboxylic acids is 1. The van der Waals surface area contributed by atoms with Crippen molar-refractivity contribution in [3.63, 3.8) is 0 Å². The lowest BCUT2D eigenvalue weighted by molar-refractivity contribution is 0.112. The number of carbonyl (C=O) groups is 1. The predicted octanol–water partition coefficient (Wildman–Crippen LogP) is 3.63. The summed E-state index contributed by atoms with van der Waals surface area (Å²) in [6.07, 6.45) is 4.03. The molecule has 0 saturated heterocycles. The van der Waals surface area contributed by atoms with Gasteiger partial charge in [-0.05, 0) is 31.5 Å². The van der Waals surface area contributed by atoms with Crippen LogP contribution in [0.4, 0.5) is 0 Å². The Bertz CT molecular complexity index is 688. The molecule has 0 aliphatic carbocycles. The third-order valence-corrected chi connectivity index (χ3v) is 4.69. The van der Waals surface area contributed by atoms with Crippen LogP contribution in [0.25, 0.3) is 0 Å². The molecule has 7 heteroatoms. The van der Waals surface area contributed by atoms with Gasteiger partial charge in [-0.3, -0.25) is 4.79 Å². The van der Waals surface area contributed by atoms with E-state index in [-0.39, 0.29) is 0 Å². The van der Waals surface area contributed by atoms with Crippen molar-refractivity contribution in [3.05, 3.63) is 29.6 Å². The lowest BCUT2D eigenvalue weighted by atomic mass is 10.2. The summed E-state index contributed by atoms with van der Waals surface area (Å²) in [5.74, 6) is 3.01. The number of ether oxygens (including phenoxy) is 2. The van der Waals surface area contributed by atoms with Gasteiger partial charge >= 0.3 is 0 Å². The monoisotopic (exact) mass is 363 g/mol. The molecule has 0 bridgehead atoms. The Morgan fingerprint density at radius 2 is 2.08 bits per heavy atom. The summed E-state index contributed by atoms with van der Waals surface area (Å²) in [5.41, 5.74) is 0.564. The number of thioether (sulfide) groups is 1. The molecule has 0 fully saturated rings. The smallest absolute Gasteiger partial charge is 0.191 e. The van der Waals surface area contributed by atoms with Crippen molar-refractivity contribution in [1.82, 2.24) is 14.8 Å². The summed E-state index contributed by atoms with van der Waals surface area (Å²) < 4.78 is 13.2. The molecule has 2 aromatic rings. The second-order valence-corrected chi connectivity index (χ2v) is 6.53. The second-order valence-electron chi connectivity index (χ2n) is 5.47. The number of hydrogen-bond acceptors (Lipinski definition) is 6. The van der Waals surface area contributed by atoms with Gasteiger partial charge in [-0.2, -0.15) is 0 Å². The third-order valence-electron chi connectivity index (χ3n) is 3.76. The Labute approximate surface area is 152 Å². The summed E-state index contributed by atoms with van der Waals surface area (Å²) in [5, 5.41) is 9.53. The standard InChI is InChI=1S/C18H25N3O3S/c1-4-6-7-17-19-20-18(21(17)5-2)25-11-10-24-15-9-8-14(13-22)12-16(15)23-3/h8-9,12-13H,4-7,10-11H2,1-3H3. The number of methoxy groups -OCH3 is 1. The van der Waals surface area contributed by atoms with Gasteiger partial charge in [0.05, 0.1) is 13.7 Å². The highest BCUT2D eigenvalue weighted by Gasteiger charge is 2.11. The van der Waals surface area contributed by atoms with E-state index in [9.17, 15) is 4.79 Å². The molecule has 0 unspecified atom stereocenters. The molecule has 0 radical (unpaired) electrons. The van der Waals surface area contributed by atoms with Crippen LogP contribution in [0.1, 0.15) is 42.9 Å². The number of benzene rings is 1. The summed E-state index contributed by atoms with van der Waals surface area (Å²) in [6, 6.07) is 5.14. The average molecular weight is 363 g/mol. The highest BCUT2D eigenvalue weighted by Crippen LogP contribution is 2.28. The molecule has 1 aromatic carbocycles. The van der Waals surface area contributed by atoms with Crippen LogP contribution < -0.4 is 9.47 Å². The zero-order valence-electron chi connectivity index (χ0n) is 15.0. The molecule has 2 rings (SSSR count). The molecule has 0 N–H and O–H groups in total. The summed E-state index contributed by atoms with van der Waals surface area (Å²) in [4.78, 5) is 10.8. The highest BCUT2D eigenvalue weighted by molar-refractivity contribution is 7.99. The van der Waals surface area contributed by atoms with Crippen LogP contribution in [-0.2, 0) is 13.0 Å². The molecule has 6 nitrogen and oxygen atoms in total. The first kappa shape index (κ1) is 19.3. The Balaban J connectivity index is 1.89. The number of nitrogens with zero attached hydrogens (tertiary/aromatic N) is 3. The predicted molar refractivity (Wildman–Crippen MR) is 98.9 cm³/mol. The summed E-state index contributed by atoms with van der Waals surface area (Å²) in [7, 11) is 1.56. The fourth-order valence-electron chi connectivity index (χ4n) is 2.42. The summed E-state index contributed by atoms with van der Waals surface area (Å²) >= 11 is 1.63. The van der Waals surface area contributed by atoms with Crippen LogP contribution in [0, 0.1) is 0 Å². The molecular weight excluding hydrogens is 338 g/mol. The van der Waals surface area contributed by atoms with Gasteiger partial charge in [-0.25, -0.2) is 0 Å². The van der Waals surface area contributed by atoms with E-state index in [1.54, 1.807) is 37.1 Å². The molecular formula is C18H25N3O3S. The molecule has 0 spiro atoms. The van der Waals surface area contributed by atoms with Crippen LogP contribution in [0.3, 0.4) is 0 Å². The molecule has 25 heavy (non-hydrogen) atoms. The first-order chi connectivity index (χ1) is 12.2. The molecule has 0 saturated carbocycles. The molecule has 0 atom stereocenters. The average Bonchev–Trinajstić information content (AvgIpc) is 3.05. The number of aryl methyl sites for hydroxylation is 1. The van der Waals surface area contributed by atoms with E-state index in [0.717, 1.165) is 48.8 Å². The number of unbranched alkanes of at least 4 members (excludes halogenated alkanes) is 1. The first-order valence-corrected chi connectivity index (χ1v) is 9.52. The van der Waals surface area contributed by atoms with E-state index < -0.39 is 0 Å². The zero-order chi connectivity index (χ0) is 18.1. The van der Waals surface area contributed by atoms with E-state index in [2.05, 4.69) is 28.6 Å². The Morgan fingerprint density at radius 3 is 2.76 bits per heavy atom. The van der Waals surface area contributed by atoms with E-state index in [4.69, 9.17) is 9.47 Å². The highest BCUT2D eigenvalue weighted by atomic mass is 32.2. The Hall–Kier alpha value is -2.02. The van der Waals surface area contributed by atoms with Gasteiger partial charge in [0.2, 0.25) is 0 Å². The van der Waals surface area contributed by atoms with Gasteiger partial charge in [0.25, 0.3) is 0 Å². The molecule has 0 aliphatic heterocycles. The molecule has 1 heterocycles. The lowest BCUT2D eigenvalue weighted by Crippen LogP contribution is -2.06. The van der Waals surface area contributed by atoms with Crippen LogP contribution in [0.2, 0.25) is 0 Å². The number of aromatic nitrogens is 3. The molecule has 0 amide bonds. The fourth-order valence-corrected chi connectivity index (χ4v) is 3.26. The quantitative estimate of drug-likeness (QED) is 0.345. The first-order valence-electron chi connectivity index (χ1n) is 8.54. The minimum Gasteiger partial charge on any atom is -0.493 e. The van der Waals surface area contributed by atoms with Crippen LogP contribution in [0.5, 0.6) is 11.5 Å². The van der Waals surface area contributed by atoms with Crippen molar-refractivity contribution in [3.8, 4) is 11.5 Å². The SMILES string of the molecule is CCCCc1nnc(SCCOc2ccc(C=O)cc2OC)n1CC. The van der Waals surface area contributed by atoms with Gasteiger partial charge in [-0.1, -0.05) is 25.1 Å². The van der Waals surface area contributed by atoms with Gasteiger partial charge in [0.15, 0.2) is 16.7 Å². The largest absolute Gasteiger partial charge is 0.493 e. The Morgan fingerprint density at radius 1 is 1.24 bits per heavy atom. The molecule has 0 aliphatic rings. The van der Waals surface area contributed by atoms with E-state index >= 15 is 0 Å². The van der Waals surface area contributed by atoms with Gasteiger partial charge < -0.3 is 14.0 Å². The minimum absolute atomic E-state index is 0.516. The fraction of sp³-hybridized carbons (Fsp3) is 0.500. The molecule has 136 valence electrons. The maximum atomic E-state index is 10.8. The number of aldehydes is 1. The van der Waals surface area contributed by atoms with Crippen molar-refractivity contribution in [2.75, 3.05) is 19.5 Å². The van der Waals surface area contributed by atoms with Gasteiger partial charge in [0, 0.05) is 24.3 Å². The van der Waals surface area contributed by atoms with Crippen molar-refractivity contribution in [2.24, 2.45) is 0 Å². The number of hydrogen-bond donors (Lipinski definition) is 0. The van der Waals surface area contributed by atoms with E-state index in [1.165, 1.54) is 0 Å². The minimum atomic E-state index is 0.516. The topological polar surface area (TPSA) is 66.2 Å². The summed E-state index contributed by atoms with van der Waals surface area (Å²) in [6.45, 7) is 5.67. The van der Waals surface area contributed by atoms with Gasteiger partial charge in [0.1, 0.15) is 12.1 Å². The van der Waals surface area contributed by atoms with Crippen LogP contribution in [-0.4, -0.2) is 40.5 Å². The maximum Gasteiger partial charge on any atom is 0.191 e. The van der Waals surface area contributed by atoms with Gasteiger partial charge in [-0.15, -0.1) is 10.2 Å². The third kappa shape index (κ3) is 5.22.